The molecule has 1 unspecified atom stereocenters. The Hall–Kier alpha value is -2.42. The summed E-state index contributed by atoms with van der Waals surface area (Å²) >= 11 is 0. The van der Waals surface area contributed by atoms with Gasteiger partial charge < -0.3 is 30.0 Å². The Morgan fingerprint density at radius 2 is 2.07 bits per heavy atom. The molecule has 0 bridgehead atoms. The van der Waals surface area contributed by atoms with Crippen molar-refractivity contribution in [3.8, 4) is 0 Å². The Labute approximate surface area is 157 Å². The highest BCUT2D eigenvalue weighted by molar-refractivity contribution is 5.89. The van der Waals surface area contributed by atoms with Crippen molar-refractivity contribution in [2.75, 3.05) is 33.4 Å². The number of aromatic nitrogens is 1. The second-order valence-corrected chi connectivity index (χ2v) is 6.98. The van der Waals surface area contributed by atoms with Gasteiger partial charge in [0.05, 0.1) is 32.8 Å². The normalized spacial score (nSPS) is 21.2. The molecule has 0 aliphatic carbocycles. The average Bonchev–Trinajstić information content (AvgIpc) is 3.38. The minimum Gasteiger partial charge on any atom is -0.357 e. The third-order valence-corrected chi connectivity index (χ3v) is 5.10. The number of para-hydroxylation sites is 1. The SMILES string of the molecule is CNCC(=O)N1CC2(CC1C(=O)NCc1cc3ccccc3[nH]1)OCCO2. The predicted molar refractivity (Wildman–Crippen MR) is 98.8 cm³/mol. The lowest BCUT2D eigenvalue weighted by Gasteiger charge is -2.24. The molecule has 2 aliphatic rings. The van der Waals surface area contributed by atoms with Crippen LogP contribution in [0.5, 0.6) is 0 Å². The van der Waals surface area contributed by atoms with Gasteiger partial charge in [0.25, 0.3) is 0 Å². The van der Waals surface area contributed by atoms with E-state index in [2.05, 4.69) is 15.6 Å². The molecule has 0 radical (unpaired) electrons. The zero-order chi connectivity index (χ0) is 18.9. The Kier molecular flexibility index (Phi) is 4.86. The number of benzene rings is 1. The number of nitrogens with one attached hydrogen (secondary N) is 3. The topological polar surface area (TPSA) is 95.7 Å². The molecule has 144 valence electrons. The number of likely N-dealkylation sites (tertiary alicyclic amines) is 1. The maximum absolute atomic E-state index is 12.8. The molecular formula is C19H24N4O4. The van der Waals surface area contributed by atoms with Gasteiger partial charge in [-0.1, -0.05) is 18.2 Å². The zero-order valence-corrected chi connectivity index (χ0v) is 15.3. The van der Waals surface area contributed by atoms with Gasteiger partial charge in [0.2, 0.25) is 11.8 Å². The average molecular weight is 372 g/mol. The van der Waals surface area contributed by atoms with Crippen molar-refractivity contribution in [1.29, 1.82) is 0 Å². The first-order chi connectivity index (χ1) is 13.1. The van der Waals surface area contributed by atoms with E-state index >= 15 is 0 Å². The molecule has 2 saturated heterocycles. The van der Waals surface area contributed by atoms with E-state index in [9.17, 15) is 9.59 Å². The maximum atomic E-state index is 12.8. The number of nitrogens with zero attached hydrogens (tertiary/aromatic N) is 1. The summed E-state index contributed by atoms with van der Waals surface area (Å²) in [6.07, 6.45) is 0.348. The van der Waals surface area contributed by atoms with Crippen molar-refractivity contribution < 1.29 is 19.1 Å². The molecule has 8 nitrogen and oxygen atoms in total. The Bertz CT molecular complexity index is 810. The van der Waals surface area contributed by atoms with Crippen molar-refractivity contribution in [3.05, 3.63) is 36.0 Å². The fourth-order valence-corrected chi connectivity index (χ4v) is 3.82. The van der Waals surface area contributed by atoms with Gasteiger partial charge >= 0.3 is 0 Å². The minimum atomic E-state index is -0.855. The maximum Gasteiger partial charge on any atom is 0.243 e. The van der Waals surface area contributed by atoms with Crippen molar-refractivity contribution >= 4 is 22.7 Å². The number of hydrogen-bond donors (Lipinski definition) is 3. The van der Waals surface area contributed by atoms with E-state index in [1.807, 2.05) is 30.3 Å². The van der Waals surface area contributed by atoms with E-state index in [0.29, 0.717) is 26.2 Å². The Morgan fingerprint density at radius 1 is 1.30 bits per heavy atom. The molecule has 3 N–H and O–H groups in total. The van der Waals surface area contributed by atoms with E-state index in [1.165, 1.54) is 0 Å². The smallest absolute Gasteiger partial charge is 0.243 e. The van der Waals surface area contributed by atoms with Gasteiger partial charge in [-0.05, 0) is 24.6 Å². The highest BCUT2D eigenvalue weighted by Gasteiger charge is 2.52. The minimum absolute atomic E-state index is 0.140. The second-order valence-electron chi connectivity index (χ2n) is 6.98. The largest absolute Gasteiger partial charge is 0.357 e. The fourth-order valence-electron chi connectivity index (χ4n) is 3.82. The van der Waals surface area contributed by atoms with Crippen LogP contribution in [0.25, 0.3) is 10.9 Å². The number of likely N-dealkylation sites (N-methyl/N-ethyl adjacent to an activating group) is 1. The van der Waals surface area contributed by atoms with Crippen LogP contribution in [0.2, 0.25) is 0 Å². The lowest BCUT2D eigenvalue weighted by Crippen LogP contribution is -2.48. The lowest BCUT2D eigenvalue weighted by atomic mass is 10.1. The number of ether oxygens (including phenoxy) is 2. The summed E-state index contributed by atoms with van der Waals surface area (Å²) < 4.78 is 11.4. The molecule has 8 heteroatoms. The van der Waals surface area contributed by atoms with Crippen LogP contribution in [0.1, 0.15) is 12.1 Å². The molecule has 27 heavy (non-hydrogen) atoms. The van der Waals surface area contributed by atoms with E-state index in [-0.39, 0.29) is 24.9 Å². The lowest BCUT2D eigenvalue weighted by molar-refractivity contribution is -0.152. The van der Waals surface area contributed by atoms with Gasteiger partial charge in [-0.2, -0.15) is 0 Å². The van der Waals surface area contributed by atoms with E-state index in [4.69, 9.17) is 9.47 Å². The van der Waals surface area contributed by atoms with Crippen molar-refractivity contribution in [2.24, 2.45) is 0 Å². The monoisotopic (exact) mass is 372 g/mol. The Balaban J connectivity index is 1.45. The van der Waals surface area contributed by atoms with Crippen molar-refractivity contribution in [2.45, 2.75) is 24.8 Å². The molecule has 3 heterocycles. The van der Waals surface area contributed by atoms with Crippen molar-refractivity contribution in [1.82, 2.24) is 20.5 Å². The van der Waals surface area contributed by atoms with Crippen LogP contribution in [0.3, 0.4) is 0 Å². The second kappa shape index (κ2) is 7.30. The first-order valence-electron chi connectivity index (χ1n) is 9.16. The quantitative estimate of drug-likeness (QED) is 0.704. The number of carbonyl (C=O) groups excluding carboxylic acids is 2. The van der Waals surface area contributed by atoms with E-state index in [1.54, 1.807) is 11.9 Å². The summed E-state index contributed by atoms with van der Waals surface area (Å²) in [4.78, 5) is 30.1. The molecule has 1 atom stereocenters. The molecule has 2 fully saturated rings. The molecule has 2 amide bonds. The number of rotatable bonds is 5. The number of amides is 2. The van der Waals surface area contributed by atoms with Gasteiger partial charge in [0, 0.05) is 17.6 Å². The number of aromatic amines is 1. The summed E-state index contributed by atoms with van der Waals surface area (Å²) in [5.74, 6) is -1.19. The van der Waals surface area contributed by atoms with Gasteiger partial charge in [-0.3, -0.25) is 9.59 Å². The summed E-state index contributed by atoms with van der Waals surface area (Å²) in [5.41, 5.74) is 1.94. The van der Waals surface area contributed by atoms with Gasteiger partial charge in [-0.15, -0.1) is 0 Å². The van der Waals surface area contributed by atoms with E-state index in [0.717, 1.165) is 16.6 Å². The van der Waals surface area contributed by atoms with Crippen molar-refractivity contribution in [3.63, 3.8) is 0 Å². The van der Waals surface area contributed by atoms with Crippen LogP contribution in [-0.2, 0) is 25.6 Å². The third kappa shape index (κ3) is 3.55. The zero-order valence-electron chi connectivity index (χ0n) is 15.3. The summed E-state index contributed by atoms with van der Waals surface area (Å²) in [5, 5.41) is 6.88. The summed E-state index contributed by atoms with van der Waals surface area (Å²) in [7, 11) is 1.71. The van der Waals surface area contributed by atoms with E-state index < -0.39 is 11.8 Å². The third-order valence-electron chi connectivity index (χ3n) is 5.10. The number of hydrogen-bond acceptors (Lipinski definition) is 5. The highest BCUT2D eigenvalue weighted by Crippen LogP contribution is 2.34. The molecule has 1 aromatic heterocycles. The van der Waals surface area contributed by atoms with Crippen LogP contribution < -0.4 is 10.6 Å². The number of H-pyrrole nitrogens is 1. The fraction of sp³-hybridized carbons (Fsp3) is 0.474. The summed E-state index contributed by atoms with van der Waals surface area (Å²) in [6.45, 7) is 1.78. The number of fused-ring (bicyclic) bond motifs is 1. The standard InChI is InChI=1S/C19H24N4O4/c1-20-11-17(24)23-12-19(26-6-7-27-19)9-16(23)18(25)21-10-14-8-13-4-2-3-5-15(13)22-14/h2-5,8,16,20,22H,6-7,9-12H2,1H3,(H,21,25). The van der Waals surface area contributed by atoms with Crippen LogP contribution >= 0.6 is 0 Å². The molecule has 1 spiro atoms. The van der Waals surface area contributed by atoms with Crippen LogP contribution in [0, 0.1) is 0 Å². The molecule has 0 saturated carbocycles. The predicted octanol–water partition coefficient (Wildman–Crippen LogP) is 0.348. The Morgan fingerprint density at radius 3 is 2.81 bits per heavy atom. The first kappa shape index (κ1) is 18.0. The van der Waals surface area contributed by atoms with Crippen LogP contribution in [-0.4, -0.2) is 66.9 Å². The first-order valence-corrected chi connectivity index (χ1v) is 9.16. The van der Waals surface area contributed by atoms with Gasteiger partial charge in [0.1, 0.15) is 6.04 Å². The van der Waals surface area contributed by atoms with Gasteiger partial charge in [0.15, 0.2) is 5.79 Å². The molecular weight excluding hydrogens is 348 g/mol. The van der Waals surface area contributed by atoms with Gasteiger partial charge in [-0.25, -0.2) is 0 Å². The van der Waals surface area contributed by atoms with Crippen LogP contribution in [0.4, 0.5) is 0 Å². The molecule has 1 aromatic carbocycles. The van der Waals surface area contributed by atoms with Crippen LogP contribution in [0.15, 0.2) is 30.3 Å². The molecule has 2 aromatic rings. The highest BCUT2D eigenvalue weighted by atomic mass is 16.7. The molecule has 4 rings (SSSR count). The molecule has 2 aliphatic heterocycles. The summed E-state index contributed by atoms with van der Waals surface area (Å²) in [6, 6.07) is 9.36. The number of carbonyl (C=O) groups is 2.